The number of fused-ring (bicyclic) bond motifs is 1. The fourth-order valence-electron chi connectivity index (χ4n) is 3.58. The molecule has 1 saturated heterocycles. The van der Waals surface area contributed by atoms with Crippen LogP contribution in [-0.4, -0.2) is 68.9 Å². The summed E-state index contributed by atoms with van der Waals surface area (Å²) < 4.78 is 30.3. The van der Waals surface area contributed by atoms with Crippen LogP contribution in [0, 0.1) is 5.82 Å². The van der Waals surface area contributed by atoms with Crippen molar-refractivity contribution in [1.29, 1.82) is 0 Å². The summed E-state index contributed by atoms with van der Waals surface area (Å²) in [5.74, 6) is 0.418. The maximum atomic E-state index is 13.2. The van der Waals surface area contributed by atoms with Gasteiger partial charge in [0.1, 0.15) is 22.8 Å². The van der Waals surface area contributed by atoms with Gasteiger partial charge in [-0.1, -0.05) is 22.9 Å². The Labute approximate surface area is 200 Å². The van der Waals surface area contributed by atoms with Crippen molar-refractivity contribution in [2.45, 2.75) is 6.42 Å². The maximum Gasteiger partial charge on any atom is 0.266 e. The molecule has 7 nitrogen and oxygen atoms in total. The molecule has 1 aliphatic rings. The zero-order valence-corrected chi connectivity index (χ0v) is 19.8. The minimum atomic E-state index is -0.362. The largest absolute Gasteiger partial charge is 0.494 e. The molecule has 0 unspecified atom stereocenters. The smallest absolute Gasteiger partial charge is 0.266 e. The first-order valence-corrected chi connectivity index (χ1v) is 11.9. The van der Waals surface area contributed by atoms with Gasteiger partial charge in [0.2, 0.25) is 0 Å². The molecule has 0 aliphatic carbocycles. The molecule has 0 N–H and O–H groups in total. The summed E-state index contributed by atoms with van der Waals surface area (Å²) in [6.45, 7) is 4.35. The molecule has 0 spiro atoms. The lowest BCUT2D eigenvalue weighted by Gasteiger charge is -2.27. The third-order valence-corrected chi connectivity index (χ3v) is 6.87. The zero-order chi connectivity index (χ0) is 23.2. The van der Waals surface area contributed by atoms with Crippen molar-refractivity contribution in [3.8, 4) is 11.5 Å². The summed E-state index contributed by atoms with van der Waals surface area (Å²) in [5, 5.41) is 1.09. The van der Waals surface area contributed by atoms with Crippen LogP contribution in [0.25, 0.3) is 10.2 Å². The molecule has 10 heteroatoms. The Hall–Kier alpha value is -2.46. The van der Waals surface area contributed by atoms with Crippen LogP contribution in [0.15, 0.2) is 36.4 Å². The molecule has 1 aliphatic heterocycles. The number of anilines is 1. The van der Waals surface area contributed by atoms with Crippen LogP contribution in [0.4, 0.5) is 9.52 Å². The first kappa shape index (κ1) is 23.7. The fourth-order valence-corrected chi connectivity index (χ4v) is 4.88. The standard InChI is InChI=1S/C23H25ClFN3O4S/c1-30-19-8-7-18(24)22-21(19)26-23(33-22)28(10-2-9-27-11-13-31-14-12-27)20(29)15-32-17-5-3-16(25)4-6-17/h3-8H,2,9-15H2,1H3. The number of carbonyl (C=O) groups excluding carboxylic acids is 1. The molecule has 3 aromatic rings. The number of ether oxygens (including phenoxy) is 3. The summed E-state index contributed by atoms with van der Waals surface area (Å²) in [7, 11) is 1.57. The normalized spacial score (nSPS) is 14.4. The Morgan fingerprint density at radius 2 is 2.00 bits per heavy atom. The quantitative estimate of drug-likeness (QED) is 0.444. The van der Waals surface area contributed by atoms with Gasteiger partial charge in [0.25, 0.3) is 5.91 Å². The van der Waals surface area contributed by atoms with E-state index in [2.05, 4.69) is 9.88 Å². The van der Waals surface area contributed by atoms with Gasteiger partial charge in [0.15, 0.2) is 11.7 Å². The Bertz CT molecular complexity index is 1090. The zero-order valence-electron chi connectivity index (χ0n) is 18.3. The number of morpholine rings is 1. The highest BCUT2D eigenvalue weighted by Crippen LogP contribution is 2.38. The van der Waals surface area contributed by atoms with Crippen LogP contribution in [0.2, 0.25) is 5.02 Å². The number of thiazole rings is 1. The molecule has 0 bridgehead atoms. The van der Waals surface area contributed by atoms with Crippen molar-refractivity contribution >= 4 is 44.2 Å². The van der Waals surface area contributed by atoms with E-state index in [0.29, 0.717) is 33.7 Å². The number of hydrogen-bond acceptors (Lipinski definition) is 7. The number of halogens is 2. The topological polar surface area (TPSA) is 64.1 Å². The molecule has 0 saturated carbocycles. The molecule has 1 amide bonds. The van der Waals surface area contributed by atoms with Crippen LogP contribution < -0.4 is 14.4 Å². The summed E-state index contributed by atoms with van der Waals surface area (Å²) in [5.41, 5.74) is 0.621. The summed E-state index contributed by atoms with van der Waals surface area (Å²) in [4.78, 5) is 21.8. The van der Waals surface area contributed by atoms with Crippen LogP contribution in [0.5, 0.6) is 11.5 Å². The predicted octanol–water partition coefficient (Wildman–Crippen LogP) is 4.23. The number of carbonyl (C=O) groups is 1. The number of hydrogen-bond donors (Lipinski definition) is 0. The van der Waals surface area contributed by atoms with E-state index in [9.17, 15) is 9.18 Å². The van der Waals surface area contributed by atoms with Crippen molar-refractivity contribution < 1.29 is 23.4 Å². The van der Waals surface area contributed by atoms with E-state index in [1.807, 2.05) is 0 Å². The fraction of sp³-hybridized carbons (Fsp3) is 0.391. The van der Waals surface area contributed by atoms with Gasteiger partial charge < -0.3 is 14.2 Å². The molecule has 2 heterocycles. The SMILES string of the molecule is COc1ccc(Cl)c2sc(N(CCCN3CCOCC3)C(=O)COc3ccc(F)cc3)nc12. The summed E-state index contributed by atoms with van der Waals surface area (Å²) >= 11 is 7.72. The average molecular weight is 494 g/mol. The second-order valence-electron chi connectivity index (χ2n) is 7.52. The first-order chi connectivity index (χ1) is 16.0. The van der Waals surface area contributed by atoms with Gasteiger partial charge in [0.05, 0.1) is 30.0 Å². The molecular formula is C23H25ClFN3O4S. The van der Waals surface area contributed by atoms with Gasteiger partial charge in [-0.2, -0.15) is 0 Å². The molecule has 4 rings (SSSR count). The second kappa shape index (κ2) is 11.1. The van der Waals surface area contributed by atoms with E-state index >= 15 is 0 Å². The molecule has 0 atom stereocenters. The van der Waals surface area contributed by atoms with Gasteiger partial charge in [0, 0.05) is 26.2 Å². The number of nitrogens with zero attached hydrogens (tertiary/aromatic N) is 3. The number of aromatic nitrogens is 1. The van der Waals surface area contributed by atoms with Crippen LogP contribution in [-0.2, 0) is 9.53 Å². The van der Waals surface area contributed by atoms with E-state index in [0.717, 1.165) is 44.0 Å². The van der Waals surface area contributed by atoms with Gasteiger partial charge in [-0.25, -0.2) is 9.37 Å². The second-order valence-corrected chi connectivity index (χ2v) is 8.90. The summed E-state index contributed by atoms with van der Waals surface area (Å²) in [6, 6.07) is 9.09. The van der Waals surface area contributed by atoms with Gasteiger partial charge in [-0.15, -0.1) is 0 Å². The van der Waals surface area contributed by atoms with Crippen molar-refractivity contribution in [1.82, 2.24) is 9.88 Å². The lowest BCUT2D eigenvalue weighted by atomic mass is 10.3. The minimum absolute atomic E-state index is 0.190. The average Bonchev–Trinajstić information content (AvgIpc) is 3.28. The molecular weight excluding hydrogens is 469 g/mol. The molecule has 33 heavy (non-hydrogen) atoms. The Morgan fingerprint density at radius 3 is 2.73 bits per heavy atom. The molecule has 0 radical (unpaired) electrons. The number of methoxy groups -OCH3 is 1. The Balaban J connectivity index is 1.52. The van der Waals surface area contributed by atoms with E-state index in [-0.39, 0.29) is 18.3 Å². The highest BCUT2D eigenvalue weighted by molar-refractivity contribution is 7.23. The third kappa shape index (κ3) is 5.92. The lowest BCUT2D eigenvalue weighted by molar-refractivity contribution is -0.120. The molecule has 1 fully saturated rings. The number of rotatable bonds is 9. The minimum Gasteiger partial charge on any atom is -0.494 e. The highest BCUT2D eigenvalue weighted by Gasteiger charge is 2.23. The third-order valence-electron chi connectivity index (χ3n) is 5.33. The van der Waals surface area contributed by atoms with Gasteiger partial charge in [-0.05, 0) is 42.8 Å². The van der Waals surface area contributed by atoms with Crippen LogP contribution >= 0.6 is 22.9 Å². The van der Waals surface area contributed by atoms with Gasteiger partial charge >= 0.3 is 0 Å². The van der Waals surface area contributed by atoms with E-state index in [4.69, 9.17) is 25.8 Å². The Morgan fingerprint density at radius 1 is 1.24 bits per heavy atom. The van der Waals surface area contributed by atoms with Crippen LogP contribution in [0.3, 0.4) is 0 Å². The lowest BCUT2D eigenvalue weighted by Crippen LogP contribution is -2.40. The maximum absolute atomic E-state index is 13.2. The van der Waals surface area contributed by atoms with E-state index < -0.39 is 0 Å². The molecule has 176 valence electrons. The molecule has 1 aromatic heterocycles. The Kier molecular flexibility index (Phi) is 7.97. The number of amides is 1. The molecule has 2 aromatic carbocycles. The van der Waals surface area contributed by atoms with Crippen molar-refractivity contribution in [2.75, 3.05) is 58.0 Å². The van der Waals surface area contributed by atoms with E-state index in [1.54, 1.807) is 24.1 Å². The monoisotopic (exact) mass is 493 g/mol. The summed E-state index contributed by atoms with van der Waals surface area (Å²) in [6.07, 6.45) is 0.767. The van der Waals surface area contributed by atoms with Gasteiger partial charge in [-0.3, -0.25) is 14.6 Å². The van der Waals surface area contributed by atoms with Crippen LogP contribution in [0.1, 0.15) is 6.42 Å². The van der Waals surface area contributed by atoms with E-state index in [1.165, 1.54) is 35.6 Å². The van der Waals surface area contributed by atoms with Crippen molar-refractivity contribution in [2.24, 2.45) is 0 Å². The van der Waals surface area contributed by atoms with Crippen molar-refractivity contribution in [3.05, 3.63) is 47.2 Å². The van der Waals surface area contributed by atoms with Crippen molar-refractivity contribution in [3.63, 3.8) is 0 Å². The first-order valence-electron chi connectivity index (χ1n) is 10.7. The predicted molar refractivity (Wildman–Crippen MR) is 127 cm³/mol. The highest BCUT2D eigenvalue weighted by atomic mass is 35.5. The number of benzene rings is 2.